The number of hydrogen-bond acceptors (Lipinski definition) is 2. The molecule has 1 aromatic carbocycles. The van der Waals surface area contributed by atoms with Crippen LogP contribution in [0.2, 0.25) is 0 Å². The van der Waals surface area contributed by atoms with Gasteiger partial charge >= 0.3 is 0 Å². The van der Waals surface area contributed by atoms with Crippen molar-refractivity contribution in [1.82, 2.24) is 10.2 Å². The Balaban J connectivity index is 1.85. The van der Waals surface area contributed by atoms with Gasteiger partial charge in [0.05, 0.1) is 0 Å². The van der Waals surface area contributed by atoms with E-state index < -0.39 is 0 Å². The van der Waals surface area contributed by atoms with Crippen molar-refractivity contribution in [2.24, 2.45) is 0 Å². The maximum Gasteiger partial charge on any atom is 0.0234 e. The van der Waals surface area contributed by atoms with Gasteiger partial charge < -0.3 is 5.32 Å². The van der Waals surface area contributed by atoms with Gasteiger partial charge in [0.15, 0.2) is 0 Å². The Bertz CT molecular complexity index is 377. The Morgan fingerprint density at radius 2 is 2.22 bits per heavy atom. The fourth-order valence-electron chi connectivity index (χ4n) is 2.25. The molecule has 0 saturated heterocycles. The highest BCUT2D eigenvalue weighted by Gasteiger charge is 2.22. The van der Waals surface area contributed by atoms with Crippen molar-refractivity contribution in [3.05, 3.63) is 34.3 Å². The van der Waals surface area contributed by atoms with Crippen LogP contribution in [0.15, 0.2) is 28.7 Å². The van der Waals surface area contributed by atoms with E-state index in [9.17, 15) is 0 Å². The Morgan fingerprint density at radius 3 is 2.83 bits per heavy atom. The molecule has 1 aliphatic carbocycles. The third-order valence-electron chi connectivity index (χ3n) is 3.64. The first-order valence-electron chi connectivity index (χ1n) is 6.87. The minimum absolute atomic E-state index is 0.629. The summed E-state index contributed by atoms with van der Waals surface area (Å²) in [6.45, 7) is 4.41. The Hall–Kier alpha value is -0.380. The van der Waals surface area contributed by atoms with E-state index in [0.717, 1.165) is 23.6 Å². The molecule has 1 aromatic rings. The zero-order chi connectivity index (χ0) is 13.0. The van der Waals surface area contributed by atoms with Gasteiger partial charge in [-0.25, -0.2) is 0 Å². The van der Waals surface area contributed by atoms with Crippen LogP contribution in [-0.4, -0.2) is 30.6 Å². The van der Waals surface area contributed by atoms with E-state index >= 15 is 0 Å². The molecule has 1 unspecified atom stereocenters. The molecular formula is C15H23BrN2. The van der Waals surface area contributed by atoms with Crippen LogP contribution in [0, 0.1) is 0 Å². The van der Waals surface area contributed by atoms with Crippen molar-refractivity contribution in [1.29, 1.82) is 0 Å². The molecule has 0 bridgehead atoms. The quantitative estimate of drug-likeness (QED) is 0.830. The number of likely N-dealkylation sites (N-methyl/N-ethyl adjacent to an activating group) is 1. The van der Waals surface area contributed by atoms with E-state index in [0.29, 0.717) is 6.04 Å². The van der Waals surface area contributed by atoms with Gasteiger partial charge in [-0.15, -0.1) is 0 Å². The minimum Gasteiger partial charge on any atom is -0.312 e. The highest BCUT2D eigenvalue weighted by molar-refractivity contribution is 9.10. The van der Waals surface area contributed by atoms with Crippen LogP contribution in [-0.2, 0) is 6.54 Å². The van der Waals surface area contributed by atoms with Gasteiger partial charge in [-0.05, 0) is 44.0 Å². The normalized spacial score (nSPS) is 17.1. The summed E-state index contributed by atoms with van der Waals surface area (Å²) >= 11 is 3.53. The first kappa shape index (κ1) is 14.0. The van der Waals surface area contributed by atoms with E-state index in [-0.39, 0.29) is 0 Å². The summed E-state index contributed by atoms with van der Waals surface area (Å²) < 4.78 is 1.16. The highest BCUT2D eigenvalue weighted by atomic mass is 79.9. The SMILES string of the molecule is CCC(CNC1CC1)N(C)Cc1cccc(Br)c1. The molecule has 0 amide bonds. The van der Waals surface area contributed by atoms with Crippen molar-refractivity contribution >= 4 is 15.9 Å². The van der Waals surface area contributed by atoms with Crippen molar-refractivity contribution in [2.45, 2.75) is 44.8 Å². The zero-order valence-electron chi connectivity index (χ0n) is 11.3. The van der Waals surface area contributed by atoms with E-state index in [2.05, 4.69) is 64.4 Å². The second-order valence-electron chi connectivity index (χ2n) is 5.29. The molecule has 1 N–H and O–H groups in total. The lowest BCUT2D eigenvalue weighted by molar-refractivity contribution is 0.221. The monoisotopic (exact) mass is 310 g/mol. The van der Waals surface area contributed by atoms with Gasteiger partial charge in [0, 0.05) is 29.6 Å². The average molecular weight is 311 g/mol. The number of halogens is 1. The van der Waals surface area contributed by atoms with Gasteiger partial charge in [-0.3, -0.25) is 4.90 Å². The van der Waals surface area contributed by atoms with E-state index in [1.807, 2.05) is 0 Å². The molecular weight excluding hydrogens is 288 g/mol. The zero-order valence-corrected chi connectivity index (χ0v) is 12.9. The summed E-state index contributed by atoms with van der Waals surface area (Å²) in [6.07, 6.45) is 3.93. The topological polar surface area (TPSA) is 15.3 Å². The van der Waals surface area contributed by atoms with Crippen LogP contribution in [0.3, 0.4) is 0 Å². The standard InChI is InChI=1S/C15H23BrN2/c1-3-15(10-17-14-7-8-14)18(2)11-12-5-4-6-13(16)9-12/h4-6,9,14-15,17H,3,7-8,10-11H2,1-2H3. The van der Waals surface area contributed by atoms with E-state index in [1.165, 1.54) is 24.8 Å². The fourth-order valence-corrected chi connectivity index (χ4v) is 2.70. The smallest absolute Gasteiger partial charge is 0.0234 e. The molecule has 1 aliphatic rings. The summed E-state index contributed by atoms with van der Waals surface area (Å²) in [5, 5.41) is 3.63. The molecule has 2 rings (SSSR count). The van der Waals surface area contributed by atoms with Crippen LogP contribution >= 0.6 is 15.9 Å². The van der Waals surface area contributed by atoms with Crippen molar-refractivity contribution < 1.29 is 0 Å². The van der Waals surface area contributed by atoms with Crippen LogP contribution in [0.25, 0.3) is 0 Å². The van der Waals surface area contributed by atoms with Crippen molar-refractivity contribution in [3.63, 3.8) is 0 Å². The van der Waals surface area contributed by atoms with Gasteiger partial charge in [0.1, 0.15) is 0 Å². The molecule has 0 aliphatic heterocycles. The lowest BCUT2D eigenvalue weighted by atomic mass is 10.1. The predicted molar refractivity (Wildman–Crippen MR) is 80.7 cm³/mol. The maximum atomic E-state index is 3.63. The van der Waals surface area contributed by atoms with Crippen molar-refractivity contribution in [3.8, 4) is 0 Å². The molecule has 1 fully saturated rings. The van der Waals surface area contributed by atoms with Crippen LogP contribution < -0.4 is 5.32 Å². The van der Waals surface area contributed by atoms with Crippen LogP contribution in [0.4, 0.5) is 0 Å². The third-order valence-corrected chi connectivity index (χ3v) is 4.13. The van der Waals surface area contributed by atoms with Gasteiger partial charge in [0.25, 0.3) is 0 Å². The largest absolute Gasteiger partial charge is 0.312 e. The van der Waals surface area contributed by atoms with Crippen LogP contribution in [0.5, 0.6) is 0 Å². The van der Waals surface area contributed by atoms with E-state index in [4.69, 9.17) is 0 Å². The third kappa shape index (κ3) is 4.38. The summed E-state index contributed by atoms with van der Waals surface area (Å²) in [7, 11) is 2.23. The van der Waals surface area contributed by atoms with Crippen LogP contribution in [0.1, 0.15) is 31.7 Å². The Labute approximate surface area is 119 Å². The van der Waals surface area contributed by atoms with Gasteiger partial charge in [-0.1, -0.05) is 35.0 Å². The summed E-state index contributed by atoms with van der Waals surface area (Å²) in [5.41, 5.74) is 1.37. The summed E-state index contributed by atoms with van der Waals surface area (Å²) in [4.78, 5) is 2.46. The molecule has 100 valence electrons. The Kier molecular flexibility index (Phi) is 5.22. The minimum atomic E-state index is 0.629. The summed E-state index contributed by atoms with van der Waals surface area (Å²) in [6, 6.07) is 10.0. The maximum absolute atomic E-state index is 3.63. The van der Waals surface area contributed by atoms with Gasteiger partial charge in [0.2, 0.25) is 0 Å². The molecule has 0 spiro atoms. The number of nitrogens with zero attached hydrogens (tertiary/aromatic N) is 1. The molecule has 2 nitrogen and oxygen atoms in total. The number of hydrogen-bond donors (Lipinski definition) is 1. The molecule has 1 saturated carbocycles. The predicted octanol–water partition coefficient (Wildman–Crippen LogP) is 3.41. The number of rotatable bonds is 7. The molecule has 0 heterocycles. The molecule has 0 aromatic heterocycles. The molecule has 1 atom stereocenters. The van der Waals surface area contributed by atoms with Crippen molar-refractivity contribution in [2.75, 3.05) is 13.6 Å². The number of nitrogens with one attached hydrogen (secondary N) is 1. The molecule has 0 radical (unpaired) electrons. The lowest BCUT2D eigenvalue weighted by Gasteiger charge is -2.27. The lowest BCUT2D eigenvalue weighted by Crippen LogP contribution is -2.40. The summed E-state index contributed by atoms with van der Waals surface area (Å²) in [5.74, 6) is 0. The molecule has 18 heavy (non-hydrogen) atoms. The number of benzene rings is 1. The second kappa shape index (κ2) is 6.69. The van der Waals surface area contributed by atoms with Gasteiger partial charge in [-0.2, -0.15) is 0 Å². The molecule has 3 heteroatoms. The highest BCUT2D eigenvalue weighted by Crippen LogP contribution is 2.19. The first-order chi connectivity index (χ1) is 8.69. The fraction of sp³-hybridized carbons (Fsp3) is 0.600. The first-order valence-corrected chi connectivity index (χ1v) is 7.66. The van der Waals surface area contributed by atoms with E-state index in [1.54, 1.807) is 0 Å². The second-order valence-corrected chi connectivity index (χ2v) is 6.21. The average Bonchev–Trinajstić information content (AvgIpc) is 3.14. The Morgan fingerprint density at radius 1 is 1.44 bits per heavy atom.